The fourth-order valence-electron chi connectivity index (χ4n) is 2.67. The summed E-state index contributed by atoms with van der Waals surface area (Å²) in [6, 6.07) is 1.29. The van der Waals surface area contributed by atoms with Gasteiger partial charge in [0.15, 0.2) is 12.0 Å². The molecular formula is C12H17N3O5. The number of aromatic nitrogens is 2. The standard InChI is InChI=1S/C12H17N3O5/c1-12(2)19-8-6(5-16)18-10(9(8)20-12)15-4-3-7(17)14-11(15)13/h3-4,6,8-10,16H,5H2,1-2H3,(H2,13,14,17). The predicted molar refractivity (Wildman–Crippen MR) is 67.7 cm³/mol. The highest BCUT2D eigenvalue weighted by Crippen LogP contribution is 2.43. The Morgan fingerprint density at radius 1 is 1.45 bits per heavy atom. The Balaban J connectivity index is 1.96. The van der Waals surface area contributed by atoms with Crippen LogP contribution in [0.15, 0.2) is 17.1 Å². The van der Waals surface area contributed by atoms with Crippen LogP contribution in [-0.4, -0.2) is 45.4 Å². The molecule has 4 atom stereocenters. The number of anilines is 1. The first kappa shape index (κ1) is 13.5. The van der Waals surface area contributed by atoms with E-state index < -0.39 is 29.8 Å². The first-order chi connectivity index (χ1) is 9.41. The number of aliphatic hydroxyl groups excluding tert-OH is 1. The summed E-state index contributed by atoms with van der Waals surface area (Å²) in [5.41, 5.74) is 5.33. The molecule has 4 unspecified atom stereocenters. The molecule has 0 saturated carbocycles. The largest absolute Gasteiger partial charge is 0.394 e. The van der Waals surface area contributed by atoms with Gasteiger partial charge in [-0.1, -0.05) is 0 Å². The first-order valence-electron chi connectivity index (χ1n) is 6.38. The SMILES string of the molecule is CC1(C)OC2C(CO)OC(n3ccc(=O)nc3N)C2O1. The van der Waals surface area contributed by atoms with E-state index in [2.05, 4.69) is 4.98 Å². The van der Waals surface area contributed by atoms with E-state index in [1.165, 1.54) is 16.8 Å². The number of hydrogen-bond donors (Lipinski definition) is 2. The van der Waals surface area contributed by atoms with E-state index in [9.17, 15) is 9.90 Å². The molecule has 3 N–H and O–H groups in total. The van der Waals surface area contributed by atoms with Crippen LogP contribution in [0.25, 0.3) is 0 Å². The molecule has 8 nitrogen and oxygen atoms in total. The number of hydrogen-bond acceptors (Lipinski definition) is 7. The van der Waals surface area contributed by atoms with Crippen LogP contribution in [0.4, 0.5) is 5.95 Å². The maximum absolute atomic E-state index is 11.2. The summed E-state index contributed by atoms with van der Waals surface area (Å²) < 4.78 is 18.8. The molecule has 2 fully saturated rings. The highest BCUT2D eigenvalue weighted by molar-refractivity contribution is 5.18. The van der Waals surface area contributed by atoms with Gasteiger partial charge in [0.1, 0.15) is 18.3 Å². The van der Waals surface area contributed by atoms with Crippen molar-refractivity contribution in [3.8, 4) is 0 Å². The Kier molecular flexibility index (Phi) is 3.05. The average molecular weight is 283 g/mol. The second-order valence-electron chi connectivity index (χ2n) is 5.34. The zero-order valence-corrected chi connectivity index (χ0v) is 11.2. The quantitative estimate of drug-likeness (QED) is 0.734. The molecule has 3 rings (SSSR count). The topological polar surface area (TPSA) is 109 Å². The molecule has 2 aliphatic rings. The molecule has 0 aromatic carbocycles. The van der Waals surface area contributed by atoms with Gasteiger partial charge in [-0.15, -0.1) is 0 Å². The molecule has 8 heteroatoms. The third-order valence-corrected chi connectivity index (χ3v) is 3.45. The van der Waals surface area contributed by atoms with Gasteiger partial charge in [-0.2, -0.15) is 4.98 Å². The fourth-order valence-corrected chi connectivity index (χ4v) is 2.67. The van der Waals surface area contributed by atoms with Crippen LogP contribution in [0.1, 0.15) is 20.1 Å². The first-order valence-corrected chi connectivity index (χ1v) is 6.38. The Bertz CT molecular complexity index is 572. The lowest BCUT2D eigenvalue weighted by molar-refractivity contribution is -0.200. The lowest BCUT2D eigenvalue weighted by atomic mass is 10.1. The normalized spacial score (nSPS) is 35.1. The Morgan fingerprint density at radius 2 is 2.15 bits per heavy atom. The minimum absolute atomic E-state index is 0.0353. The van der Waals surface area contributed by atoms with Crippen molar-refractivity contribution in [2.24, 2.45) is 0 Å². The van der Waals surface area contributed by atoms with Gasteiger partial charge in [0.2, 0.25) is 5.95 Å². The summed E-state index contributed by atoms with van der Waals surface area (Å²) in [6.45, 7) is 3.40. The molecule has 2 aliphatic heterocycles. The highest BCUT2D eigenvalue weighted by Gasteiger charge is 2.55. The number of ether oxygens (including phenoxy) is 3. The van der Waals surface area contributed by atoms with Gasteiger partial charge in [0, 0.05) is 12.3 Å². The second-order valence-corrected chi connectivity index (χ2v) is 5.34. The third kappa shape index (κ3) is 2.10. The highest BCUT2D eigenvalue weighted by atomic mass is 16.8. The van der Waals surface area contributed by atoms with Gasteiger partial charge in [-0.05, 0) is 13.8 Å². The number of rotatable bonds is 2. The van der Waals surface area contributed by atoms with Crippen molar-refractivity contribution in [1.82, 2.24) is 9.55 Å². The summed E-state index contributed by atoms with van der Waals surface area (Å²) in [4.78, 5) is 14.8. The molecule has 0 amide bonds. The summed E-state index contributed by atoms with van der Waals surface area (Å²) in [5, 5.41) is 9.39. The second kappa shape index (κ2) is 4.52. The minimum atomic E-state index is -0.758. The molecular weight excluding hydrogens is 266 g/mol. The van der Waals surface area contributed by atoms with E-state index in [-0.39, 0.29) is 18.7 Å². The van der Waals surface area contributed by atoms with Crippen LogP contribution in [0.2, 0.25) is 0 Å². The van der Waals surface area contributed by atoms with Crippen molar-refractivity contribution in [2.75, 3.05) is 12.3 Å². The molecule has 0 radical (unpaired) electrons. The van der Waals surface area contributed by atoms with Crippen LogP contribution < -0.4 is 11.3 Å². The summed E-state index contributed by atoms with van der Waals surface area (Å²) >= 11 is 0. The van der Waals surface area contributed by atoms with Crippen LogP contribution in [0.5, 0.6) is 0 Å². The van der Waals surface area contributed by atoms with E-state index in [1.54, 1.807) is 13.8 Å². The maximum atomic E-state index is 11.2. The summed E-state index contributed by atoms with van der Waals surface area (Å²) in [6.07, 6.45) is -0.411. The van der Waals surface area contributed by atoms with Crippen molar-refractivity contribution in [3.63, 3.8) is 0 Å². The molecule has 0 bridgehead atoms. The number of fused-ring (bicyclic) bond motifs is 1. The molecule has 110 valence electrons. The number of aliphatic hydroxyl groups is 1. The molecule has 0 spiro atoms. The van der Waals surface area contributed by atoms with E-state index in [0.717, 1.165) is 0 Å². The van der Waals surface area contributed by atoms with E-state index in [0.29, 0.717) is 0 Å². The average Bonchev–Trinajstić information content (AvgIpc) is 2.83. The van der Waals surface area contributed by atoms with Crippen LogP contribution >= 0.6 is 0 Å². The third-order valence-electron chi connectivity index (χ3n) is 3.45. The fraction of sp³-hybridized carbons (Fsp3) is 0.667. The van der Waals surface area contributed by atoms with E-state index >= 15 is 0 Å². The number of nitrogens with zero attached hydrogens (tertiary/aromatic N) is 2. The Hall–Kier alpha value is -1.48. The van der Waals surface area contributed by atoms with Crippen molar-refractivity contribution in [3.05, 3.63) is 22.6 Å². The van der Waals surface area contributed by atoms with Crippen molar-refractivity contribution >= 4 is 5.95 Å². The van der Waals surface area contributed by atoms with Gasteiger partial charge < -0.3 is 25.1 Å². The van der Waals surface area contributed by atoms with Gasteiger partial charge in [0.25, 0.3) is 5.56 Å². The molecule has 20 heavy (non-hydrogen) atoms. The summed E-state index contributed by atoms with van der Waals surface area (Å²) in [7, 11) is 0. The Morgan fingerprint density at radius 3 is 2.80 bits per heavy atom. The van der Waals surface area contributed by atoms with Gasteiger partial charge in [0.05, 0.1) is 6.61 Å². The lowest BCUT2D eigenvalue weighted by Gasteiger charge is -2.25. The zero-order chi connectivity index (χ0) is 14.5. The van der Waals surface area contributed by atoms with Crippen molar-refractivity contribution < 1.29 is 19.3 Å². The van der Waals surface area contributed by atoms with Crippen LogP contribution in [-0.2, 0) is 14.2 Å². The monoisotopic (exact) mass is 283 g/mol. The number of nitrogens with two attached hydrogens (primary N) is 1. The molecule has 1 aromatic rings. The van der Waals surface area contributed by atoms with Crippen molar-refractivity contribution in [2.45, 2.75) is 44.2 Å². The van der Waals surface area contributed by atoms with Crippen LogP contribution in [0.3, 0.4) is 0 Å². The van der Waals surface area contributed by atoms with Gasteiger partial charge in [-0.25, -0.2) is 0 Å². The Labute approximate surface area is 115 Å². The molecule has 3 heterocycles. The van der Waals surface area contributed by atoms with E-state index in [1.807, 2.05) is 0 Å². The smallest absolute Gasteiger partial charge is 0.274 e. The van der Waals surface area contributed by atoms with E-state index in [4.69, 9.17) is 19.9 Å². The zero-order valence-electron chi connectivity index (χ0n) is 11.2. The molecule has 0 aliphatic carbocycles. The van der Waals surface area contributed by atoms with Crippen LogP contribution in [0, 0.1) is 0 Å². The van der Waals surface area contributed by atoms with Gasteiger partial charge in [-0.3, -0.25) is 9.36 Å². The van der Waals surface area contributed by atoms with Gasteiger partial charge >= 0.3 is 0 Å². The molecule has 2 saturated heterocycles. The summed E-state index contributed by atoms with van der Waals surface area (Å²) in [5.74, 6) is -0.723. The molecule has 1 aromatic heterocycles. The van der Waals surface area contributed by atoms with Crippen molar-refractivity contribution in [1.29, 1.82) is 0 Å². The predicted octanol–water partition coefficient (Wildman–Crippen LogP) is -0.765. The number of nitrogen functional groups attached to an aromatic ring is 1. The lowest BCUT2D eigenvalue weighted by Crippen LogP contribution is -2.31. The minimum Gasteiger partial charge on any atom is -0.394 e. The maximum Gasteiger partial charge on any atom is 0.274 e.